The van der Waals surface area contributed by atoms with Gasteiger partial charge >= 0.3 is 5.97 Å². The van der Waals surface area contributed by atoms with Crippen LogP contribution in [0.1, 0.15) is 40.1 Å². The van der Waals surface area contributed by atoms with Crippen molar-refractivity contribution in [1.29, 1.82) is 5.26 Å². The number of ether oxygens (including phenoxy) is 2. The number of benzene rings is 2. The molecule has 2 heterocycles. The minimum atomic E-state index is -0.396. The third-order valence-corrected chi connectivity index (χ3v) is 6.00. The Balaban J connectivity index is 1.61. The zero-order valence-corrected chi connectivity index (χ0v) is 21.9. The monoisotopic (exact) mass is 514 g/mol. The molecular formula is C28H30N6O4. The fourth-order valence-electron chi connectivity index (χ4n) is 4.07. The lowest BCUT2D eigenvalue weighted by Crippen LogP contribution is -2.37. The molecule has 0 atom stereocenters. The molecule has 0 aliphatic carbocycles. The van der Waals surface area contributed by atoms with E-state index >= 15 is 0 Å². The van der Waals surface area contributed by atoms with Crippen LogP contribution in [0.2, 0.25) is 0 Å². The van der Waals surface area contributed by atoms with E-state index in [1.165, 1.54) is 7.05 Å². The molecule has 1 aromatic heterocycles. The van der Waals surface area contributed by atoms with Crippen LogP contribution in [0.15, 0.2) is 48.7 Å². The second-order valence-corrected chi connectivity index (χ2v) is 9.18. The zero-order chi connectivity index (χ0) is 27.2. The number of amides is 1. The first kappa shape index (κ1) is 26.6. The van der Waals surface area contributed by atoms with Gasteiger partial charge in [0, 0.05) is 43.1 Å². The molecule has 1 amide bonds. The number of aromatic nitrogens is 2. The van der Waals surface area contributed by atoms with E-state index in [-0.39, 0.29) is 12.0 Å². The molecule has 0 unspecified atom stereocenters. The Morgan fingerprint density at radius 2 is 1.87 bits per heavy atom. The van der Waals surface area contributed by atoms with Crippen LogP contribution in [0.4, 0.5) is 17.3 Å². The molecule has 10 nitrogen and oxygen atoms in total. The largest absolute Gasteiger partial charge is 0.459 e. The van der Waals surface area contributed by atoms with Crippen LogP contribution < -0.4 is 10.2 Å². The molecule has 1 aliphatic heterocycles. The Hall–Kier alpha value is -4.49. The van der Waals surface area contributed by atoms with Crippen molar-refractivity contribution in [1.82, 2.24) is 14.9 Å². The lowest BCUT2D eigenvalue weighted by atomic mass is 10.1. The smallest absolute Gasteiger partial charge is 0.340 e. The number of nitrogens with zero attached hydrogens (tertiary/aromatic N) is 5. The first-order valence-corrected chi connectivity index (χ1v) is 12.3. The number of nitrogens with one attached hydrogen (secondary N) is 1. The molecule has 2 aromatic carbocycles. The van der Waals surface area contributed by atoms with Crippen molar-refractivity contribution >= 4 is 29.2 Å². The molecule has 10 heteroatoms. The van der Waals surface area contributed by atoms with Crippen LogP contribution in [0.3, 0.4) is 0 Å². The highest BCUT2D eigenvalue weighted by atomic mass is 16.5. The number of esters is 1. The lowest BCUT2D eigenvalue weighted by Gasteiger charge is -2.30. The number of carbonyl (C=O) groups excluding carboxylic acids is 2. The SMILES string of the molecule is Cc1cnc(Nc2ccc(N3CCOCC3)c(C(=O)OC(C)C)c2)nc1-c1ccc(C(=O)N(C)C#N)cc1. The molecule has 0 radical (unpaired) electrons. The number of morpholine rings is 1. The highest BCUT2D eigenvalue weighted by molar-refractivity contribution is 5.97. The number of carbonyl (C=O) groups is 2. The summed E-state index contributed by atoms with van der Waals surface area (Å²) in [6, 6.07) is 12.4. The van der Waals surface area contributed by atoms with Crippen LogP contribution >= 0.6 is 0 Å². The van der Waals surface area contributed by atoms with E-state index in [1.807, 2.05) is 39.1 Å². The molecular weight excluding hydrogens is 484 g/mol. The van der Waals surface area contributed by atoms with Crippen LogP contribution in [0, 0.1) is 18.4 Å². The molecule has 38 heavy (non-hydrogen) atoms. The summed E-state index contributed by atoms with van der Waals surface area (Å²) in [6.07, 6.45) is 3.27. The summed E-state index contributed by atoms with van der Waals surface area (Å²) >= 11 is 0. The molecule has 196 valence electrons. The Morgan fingerprint density at radius 1 is 1.16 bits per heavy atom. The molecule has 0 saturated carbocycles. The first-order chi connectivity index (χ1) is 18.3. The Labute approximate surface area is 221 Å². The van der Waals surface area contributed by atoms with Crippen LogP contribution in [0.25, 0.3) is 11.3 Å². The highest BCUT2D eigenvalue weighted by Gasteiger charge is 2.21. The maximum atomic E-state index is 13.0. The van der Waals surface area contributed by atoms with Gasteiger partial charge < -0.3 is 19.7 Å². The predicted octanol–water partition coefficient (Wildman–Crippen LogP) is 4.15. The Morgan fingerprint density at radius 3 is 2.53 bits per heavy atom. The first-order valence-electron chi connectivity index (χ1n) is 12.3. The van der Waals surface area contributed by atoms with Gasteiger partial charge in [0.25, 0.3) is 5.91 Å². The van der Waals surface area contributed by atoms with Gasteiger partial charge in [-0.3, -0.25) is 4.79 Å². The van der Waals surface area contributed by atoms with Gasteiger partial charge in [0.1, 0.15) is 0 Å². The predicted molar refractivity (Wildman–Crippen MR) is 143 cm³/mol. The number of rotatable bonds is 7. The van der Waals surface area contributed by atoms with Crippen molar-refractivity contribution < 1.29 is 19.1 Å². The Bertz CT molecular complexity index is 1360. The van der Waals surface area contributed by atoms with Crippen molar-refractivity contribution in [3.63, 3.8) is 0 Å². The third kappa shape index (κ3) is 6.07. The standard InChI is InChI=1S/C28H30N6O4/c1-18(2)38-27(36)23-15-22(9-10-24(23)34-11-13-37-14-12-34)31-28-30-16-19(3)25(32-28)20-5-7-21(8-6-20)26(35)33(4)17-29/h5-10,15-16,18H,11-14H2,1-4H3,(H,30,31,32). The summed E-state index contributed by atoms with van der Waals surface area (Å²) in [5, 5.41) is 12.2. The summed E-state index contributed by atoms with van der Waals surface area (Å²) in [5.74, 6) is -0.419. The van der Waals surface area contributed by atoms with Crippen LogP contribution in [0.5, 0.6) is 0 Å². The average Bonchev–Trinajstić information content (AvgIpc) is 2.93. The van der Waals surface area contributed by atoms with E-state index in [0.29, 0.717) is 54.8 Å². The van der Waals surface area contributed by atoms with E-state index in [1.54, 1.807) is 36.5 Å². The van der Waals surface area contributed by atoms with Crippen molar-refractivity contribution in [2.75, 3.05) is 43.6 Å². The van der Waals surface area contributed by atoms with Crippen molar-refractivity contribution in [2.45, 2.75) is 26.9 Å². The van der Waals surface area contributed by atoms with Gasteiger partial charge in [0.05, 0.1) is 36.3 Å². The van der Waals surface area contributed by atoms with Crippen molar-refractivity contribution in [3.05, 3.63) is 65.4 Å². The van der Waals surface area contributed by atoms with Gasteiger partial charge in [-0.05, 0) is 56.7 Å². The summed E-state index contributed by atoms with van der Waals surface area (Å²) in [4.78, 5) is 37.4. The fraction of sp³-hybridized carbons (Fsp3) is 0.321. The number of aryl methyl sites for hydroxylation is 1. The summed E-state index contributed by atoms with van der Waals surface area (Å²) in [6.45, 7) is 8.12. The third-order valence-electron chi connectivity index (χ3n) is 6.00. The van der Waals surface area contributed by atoms with Gasteiger partial charge in [-0.2, -0.15) is 5.26 Å². The van der Waals surface area contributed by atoms with Gasteiger partial charge in [-0.1, -0.05) is 12.1 Å². The molecule has 1 aliphatic rings. The van der Waals surface area contributed by atoms with Gasteiger partial charge in [-0.15, -0.1) is 0 Å². The van der Waals surface area contributed by atoms with Gasteiger partial charge in [0.15, 0.2) is 6.19 Å². The number of nitriles is 1. The molecule has 1 saturated heterocycles. The van der Waals surface area contributed by atoms with E-state index in [9.17, 15) is 9.59 Å². The Kier molecular flexibility index (Phi) is 8.19. The number of anilines is 3. The average molecular weight is 515 g/mol. The maximum absolute atomic E-state index is 13.0. The molecule has 0 bridgehead atoms. The molecule has 0 spiro atoms. The molecule has 1 fully saturated rings. The zero-order valence-electron chi connectivity index (χ0n) is 21.9. The maximum Gasteiger partial charge on any atom is 0.340 e. The molecule has 3 aromatic rings. The highest BCUT2D eigenvalue weighted by Crippen LogP contribution is 2.29. The van der Waals surface area contributed by atoms with Crippen molar-refractivity contribution in [2.24, 2.45) is 0 Å². The fourth-order valence-corrected chi connectivity index (χ4v) is 4.07. The number of hydrogen-bond donors (Lipinski definition) is 1. The summed E-state index contributed by atoms with van der Waals surface area (Å²) in [7, 11) is 1.42. The van der Waals surface area contributed by atoms with Gasteiger partial charge in [0.2, 0.25) is 5.95 Å². The molecule has 1 N–H and O–H groups in total. The molecule has 4 rings (SSSR count). The van der Waals surface area contributed by atoms with Crippen LogP contribution in [-0.4, -0.2) is 66.2 Å². The second kappa shape index (κ2) is 11.7. The lowest BCUT2D eigenvalue weighted by molar-refractivity contribution is 0.0377. The number of hydrogen-bond acceptors (Lipinski definition) is 9. The normalized spacial score (nSPS) is 13.1. The summed E-state index contributed by atoms with van der Waals surface area (Å²) in [5.41, 5.74) is 4.66. The summed E-state index contributed by atoms with van der Waals surface area (Å²) < 4.78 is 11.0. The van der Waals surface area contributed by atoms with Gasteiger partial charge in [-0.25, -0.2) is 19.7 Å². The van der Waals surface area contributed by atoms with E-state index in [2.05, 4.69) is 20.2 Å². The van der Waals surface area contributed by atoms with Crippen LogP contribution in [-0.2, 0) is 9.47 Å². The minimum absolute atomic E-state index is 0.248. The quantitative estimate of drug-likeness (QED) is 0.281. The minimum Gasteiger partial charge on any atom is -0.459 e. The second-order valence-electron chi connectivity index (χ2n) is 9.18. The van der Waals surface area contributed by atoms with E-state index in [4.69, 9.17) is 14.7 Å². The topological polar surface area (TPSA) is 121 Å². The van der Waals surface area contributed by atoms with E-state index in [0.717, 1.165) is 21.7 Å². The van der Waals surface area contributed by atoms with E-state index < -0.39 is 5.97 Å². The van der Waals surface area contributed by atoms with Crippen molar-refractivity contribution in [3.8, 4) is 17.5 Å².